The molecule has 2 aromatic heterocycles. The number of fused-ring (bicyclic) bond motifs is 1. The zero-order valence-corrected chi connectivity index (χ0v) is 11.8. The maximum Gasteiger partial charge on any atom is 0.151 e. The lowest BCUT2D eigenvalue weighted by molar-refractivity contribution is 0.528. The molecular weight excluding hydrogens is 268 g/mol. The molecule has 0 aliphatic heterocycles. The van der Waals surface area contributed by atoms with E-state index in [0.717, 1.165) is 29.5 Å². The topological polar surface area (TPSA) is 42.7 Å². The molecule has 18 heavy (non-hydrogen) atoms. The third kappa shape index (κ3) is 2.43. The van der Waals surface area contributed by atoms with Crippen LogP contribution < -0.4 is 5.32 Å². The fraction of sp³-hybridized carbons (Fsp3) is 0.500. The summed E-state index contributed by atoms with van der Waals surface area (Å²) in [6.45, 7) is 0.904. The molecule has 3 rings (SSSR count). The van der Waals surface area contributed by atoms with Crippen LogP contribution in [-0.4, -0.2) is 21.3 Å². The first-order valence-corrected chi connectivity index (χ1v) is 7.28. The summed E-state index contributed by atoms with van der Waals surface area (Å²) in [5.74, 6) is 0.895. The molecular formula is C12H15ClN4S. The fourth-order valence-corrected chi connectivity index (χ4v) is 3.76. The highest BCUT2D eigenvalue weighted by Gasteiger charge is 2.24. The quantitative estimate of drug-likeness (QED) is 0.936. The number of nitrogens with zero attached hydrogens (tertiary/aromatic N) is 3. The van der Waals surface area contributed by atoms with E-state index in [1.54, 1.807) is 22.3 Å². The first kappa shape index (κ1) is 12.1. The molecule has 1 aliphatic carbocycles. The van der Waals surface area contributed by atoms with E-state index in [9.17, 15) is 0 Å². The zero-order valence-electron chi connectivity index (χ0n) is 10.2. The van der Waals surface area contributed by atoms with Gasteiger partial charge in [-0.2, -0.15) is 5.10 Å². The maximum absolute atomic E-state index is 6.04. The fourth-order valence-electron chi connectivity index (χ4n) is 2.40. The van der Waals surface area contributed by atoms with Crippen LogP contribution in [0.3, 0.4) is 0 Å². The molecule has 4 nitrogen and oxygen atoms in total. The van der Waals surface area contributed by atoms with E-state index in [-0.39, 0.29) is 0 Å². The van der Waals surface area contributed by atoms with Crippen molar-refractivity contribution in [1.82, 2.24) is 20.1 Å². The number of aryl methyl sites for hydroxylation is 2. The van der Waals surface area contributed by atoms with Gasteiger partial charge in [0.05, 0.1) is 4.34 Å². The molecule has 0 radical (unpaired) electrons. The summed E-state index contributed by atoms with van der Waals surface area (Å²) in [5, 5.41) is 7.84. The third-order valence-corrected chi connectivity index (χ3v) is 4.57. The molecule has 96 valence electrons. The van der Waals surface area contributed by atoms with Gasteiger partial charge < -0.3 is 5.32 Å². The van der Waals surface area contributed by atoms with E-state index in [1.807, 2.05) is 7.05 Å². The van der Waals surface area contributed by atoms with Crippen molar-refractivity contribution in [3.8, 4) is 0 Å². The molecule has 0 fully saturated rings. The standard InChI is InChI=1S/C12H15ClN4S/c1-17-7-15-12(16-17)4-5-14-9-2-3-10-8(9)6-11(13)18-10/h6-7,9,14H,2-5H2,1H3. The molecule has 0 spiro atoms. The summed E-state index contributed by atoms with van der Waals surface area (Å²) in [6, 6.07) is 2.55. The van der Waals surface area contributed by atoms with E-state index in [0.29, 0.717) is 6.04 Å². The lowest BCUT2D eigenvalue weighted by Crippen LogP contribution is -2.22. The largest absolute Gasteiger partial charge is 0.309 e. The van der Waals surface area contributed by atoms with Crippen LogP contribution in [0.15, 0.2) is 12.4 Å². The molecule has 0 aromatic carbocycles. The minimum absolute atomic E-state index is 0.451. The molecule has 1 N–H and O–H groups in total. The van der Waals surface area contributed by atoms with Gasteiger partial charge in [0.1, 0.15) is 6.33 Å². The van der Waals surface area contributed by atoms with Crippen molar-refractivity contribution in [3.05, 3.63) is 33.0 Å². The Labute approximate surface area is 115 Å². The van der Waals surface area contributed by atoms with E-state index in [1.165, 1.54) is 16.9 Å². The lowest BCUT2D eigenvalue weighted by atomic mass is 10.2. The molecule has 2 aromatic rings. The molecule has 0 bridgehead atoms. The van der Waals surface area contributed by atoms with Crippen molar-refractivity contribution >= 4 is 22.9 Å². The average molecular weight is 283 g/mol. The zero-order chi connectivity index (χ0) is 12.5. The second kappa shape index (κ2) is 4.99. The first-order chi connectivity index (χ1) is 8.72. The third-order valence-electron chi connectivity index (χ3n) is 3.23. The maximum atomic E-state index is 6.04. The Morgan fingerprint density at radius 1 is 1.61 bits per heavy atom. The molecule has 1 atom stereocenters. The molecule has 6 heteroatoms. The van der Waals surface area contributed by atoms with Crippen LogP contribution in [0, 0.1) is 0 Å². The Kier molecular flexibility index (Phi) is 3.37. The van der Waals surface area contributed by atoms with E-state index in [4.69, 9.17) is 11.6 Å². The summed E-state index contributed by atoms with van der Waals surface area (Å²) >= 11 is 7.76. The van der Waals surface area contributed by atoms with Gasteiger partial charge in [0.2, 0.25) is 0 Å². The number of rotatable bonds is 4. The molecule has 0 saturated heterocycles. The molecule has 0 saturated carbocycles. The van der Waals surface area contributed by atoms with Gasteiger partial charge in [-0.25, -0.2) is 4.98 Å². The Morgan fingerprint density at radius 3 is 3.28 bits per heavy atom. The van der Waals surface area contributed by atoms with Crippen molar-refractivity contribution < 1.29 is 0 Å². The highest BCUT2D eigenvalue weighted by molar-refractivity contribution is 7.16. The highest BCUT2D eigenvalue weighted by atomic mass is 35.5. The van der Waals surface area contributed by atoms with Crippen LogP contribution in [0.4, 0.5) is 0 Å². The van der Waals surface area contributed by atoms with Gasteiger partial charge in [-0.1, -0.05) is 11.6 Å². The van der Waals surface area contributed by atoms with Crippen LogP contribution in [0.5, 0.6) is 0 Å². The lowest BCUT2D eigenvalue weighted by Gasteiger charge is -2.11. The minimum Gasteiger partial charge on any atom is -0.309 e. The number of thiophene rings is 1. The summed E-state index contributed by atoms with van der Waals surface area (Å²) in [7, 11) is 1.89. The van der Waals surface area contributed by atoms with Gasteiger partial charge >= 0.3 is 0 Å². The van der Waals surface area contributed by atoms with Crippen LogP contribution in [-0.2, 0) is 19.9 Å². The first-order valence-electron chi connectivity index (χ1n) is 6.08. The summed E-state index contributed by atoms with van der Waals surface area (Å²) < 4.78 is 2.64. The van der Waals surface area contributed by atoms with E-state index >= 15 is 0 Å². The van der Waals surface area contributed by atoms with Gasteiger partial charge in [-0.15, -0.1) is 11.3 Å². The molecule has 0 amide bonds. The normalized spacial score (nSPS) is 18.2. The highest BCUT2D eigenvalue weighted by Crippen LogP contribution is 2.39. The van der Waals surface area contributed by atoms with Crippen LogP contribution in [0.2, 0.25) is 4.34 Å². The van der Waals surface area contributed by atoms with Crippen molar-refractivity contribution in [2.75, 3.05) is 6.54 Å². The van der Waals surface area contributed by atoms with Gasteiger partial charge in [-0.05, 0) is 24.5 Å². The van der Waals surface area contributed by atoms with Gasteiger partial charge in [0.15, 0.2) is 5.82 Å². The van der Waals surface area contributed by atoms with Crippen LogP contribution in [0.25, 0.3) is 0 Å². The Bertz CT molecular complexity index is 548. The molecule has 1 aliphatic rings. The van der Waals surface area contributed by atoms with Crippen LogP contribution in [0.1, 0.15) is 28.7 Å². The van der Waals surface area contributed by atoms with Crippen molar-refractivity contribution in [1.29, 1.82) is 0 Å². The second-order valence-electron chi connectivity index (χ2n) is 4.56. The SMILES string of the molecule is Cn1cnc(CCNC2CCc3sc(Cl)cc32)n1. The van der Waals surface area contributed by atoms with Gasteiger partial charge in [0, 0.05) is 30.9 Å². The predicted octanol–water partition coefficient (Wildman–Crippen LogP) is 2.35. The van der Waals surface area contributed by atoms with Crippen LogP contribution >= 0.6 is 22.9 Å². The number of aromatic nitrogens is 3. The minimum atomic E-state index is 0.451. The van der Waals surface area contributed by atoms with Gasteiger partial charge in [-0.3, -0.25) is 4.68 Å². The molecule has 1 unspecified atom stereocenters. The van der Waals surface area contributed by atoms with E-state index < -0.39 is 0 Å². The molecule has 2 heterocycles. The van der Waals surface area contributed by atoms with Gasteiger partial charge in [0.25, 0.3) is 0 Å². The Morgan fingerprint density at radius 2 is 2.50 bits per heavy atom. The summed E-state index contributed by atoms with van der Waals surface area (Å²) in [6.07, 6.45) is 4.92. The number of nitrogens with one attached hydrogen (secondary N) is 1. The smallest absolute Gasteiger partial charge is 0.151 e. The number of hydrogen-bond acceptors (Lipinski definition) is 4. The summed E-state index contributed by atoms with van der Waals surface area (Å²) in [4.78, 5) is 5.66. The van der Waals surface area contributed by atoms with Crippen molar-refractivity contribution in [2.45, 2.75) is 25.3 Å². The Hall–Kier alpha value is -0.910. The van der Waals surface area contributed by atoms with Crippen molar-refractivity contribution in [2.24, 2.45) is 7.05 Å². The predicted molar refractivity (Wildman–Crippen MR) is 73.1 cm³/mol. The number of halogens is 1. The monoisotopic (exact) mass is 282 g/mol. The second-order valence-corrected chi connectivity index (χ2v) is 6.33. The summed E-state index contributed by atoms with van der Waals surface area (Å²) in [5.41, 5.74) is 1.39. The van der Waals surface area contributed by atoms with E-state index in [2.05, 4.69) is 21.5 Å². The number of hydrogen-bond donors (Lipinski definition) is 1. The van der Waals surface area contributed by atoms with Crippen molar-refractivity contribution in [3.63, 3.8) is 0 Å². The average Bonchev–Trinajstić information content (AvgIpc) is 2.97. The Balaban J connectivity index is 1.55.